The first-order valence-corrected chi connectivity index (χ1v) is 19.1. The standard InChI is InChI=1S/C38H51N7O5S/c1-24-21-27(50-9)22-25(2)33(24)51(48,49)43(8)26(3)34-39-29-12-10-11-28(32(29)40-34)35(46)44-17-13-38(14-18-44)15-19-45(20-16-38)36(47)30-23-31(37(4,5)6)41-42(30)7/h10-12,21-23,26H,13-20H2,1-9H3,(H,39,40). The van der Waals surface area contributed by atoms with E-state index < -0.39 is 16.1 Å². The normalized spacial score (nSPS) is 17.4. The average Bonchev–Trinajstić information content (AvgIpc) is 3.71. The first-order valence-electron chi connectivity index (χ1n) is 17.7. The number of benzene rings is 2. The van der Waals surface area contributed by atoms with E-state index in [1.165, 1.54) is 4.31 Å². The summed E-state index contributed by atoms with van der Waals surface area (Å²) in [6, 6.07) is 10.2. The number of nitrogens with one attached hydrogen (secondary N) is 1. The number of hydrogen-bond donors (Lipinski definition) is 1. The summed E-state index contributed by atoms with van der Waals surface area (Å²) in [6.45, 7) is 14.3. The zero-order valence-corrected chi connectivity index (χ0v) is 32.1. The van der Waals surface area contributed by atoms with Gasteiger partial charge in [-0.25, -0.2) is 13.4 Å². The van der Waals surface area contributed by atoms with Crippen LogP contribution in [0, 0.1) is 19.3 Å². The second kappa shape index (κ2) is 13.4. The van der Waals surface area contributed by atoms with Gasteiger partial charge in [-0.1, -0.05) is 26.8 Å². The molecule has 2 saturated heterocycles. The van der Waals surface area contributed by atoms with Gasteiger partial charge in [0.05, 0.1) is 34.8 Å². The summed E-state index contributed by atoms with van der Waals surface area (Å²) in [7, 11) is 1.06. The summed E-state index contributed by atoms with van der Waals surface area (Å²) in [6.07, 6.45) is 3.58. The van der Waals surface area contributed by atoms with Crippen LogP contribution in [-0.4, -0.2) is 94.4 Å². The maximum atomic E-state index is 14.0. The molecule has 2 aromatic heterocycles. The lowest BCUT2D eigenvalue weighted by Gasteiger charge is -2.46. The minimum Gasteiger partial charge on any atom is -0.497 e. The Bertz CT molecular complexity index is 2050. The summed E-state index contributed by atoms with van der Waals surface area (Å²) in [5, 5.41) is 4.59. The van der Waals surface area contributed by atoms with Crippen molar-refractivity contribution in [1.29, 1.82) is 0 Å². The topological polar surface area (TPSA) is 134 Å². The third-order valence-corrected chi connectivity index (χ3v) is 13.3. The number of aryl methyl sites for hydroxylation is 3. The lowest BCUT2D eigenvalue weighted by Crippen LogP contribution is -2.49. The maximum Gasteiger partial charge on any atom is 0.272 e. The van der Waals surface area contributed by atoms with Crippen molar-refractivity contribution in [2.75, 3.05) is 40.3 Å². The molecule has 13 heteroatoms. The number of fused-ring (bicyclic) bond motifs is 1. The summed E-state index contributed by atoms with van der Waals surface area (Å²) in [4.78, 5) is 39.6. The van der Waals surface area contributed by atoms with E-state index in [-0.39, 0.29) is 27.5 Å². The molecule has 1 atom stereocenters. The number of likely N-dealkylation sites (tertiary alicyclic amines) is 2. The number of aromatic nitrogens is 4. The minimum atomic E-state index is -3.88. The molecular formula is C38H51N7O5S. The largest absolute Gasteiger partial charge is 0.497 e. The second-order valence-corrected chi connectivity index (χ2v) is 17.4. The lowest BCUT2D eigenvalue weighted by atomic mass is 9.71. The summed E-state index contributed by atoms with van der Waals surface area (Å²) in [5.41, 5.74) is 4.42. The van der Waals surface area contributed by atoms with Crippen LogP contribution in [0.15, 0.2) is 41.3 Å². The highest BCUT2D eigenvalue weighted by molar-refractivity contribution is 7.89. The molecular weight excluding hydrogens is 667 g/mol. The number of piperidine rings is 2. The molecule has 2 fully saturated rings. The van der Waals surface area contributed by atoms with Crippen molar-refractivity contribution in [2.24, 2.45) is 12.5 Å². The van der Waals surface area contributed by atoms with Gasteiger partial charge in [-0.3, -0.25) is 14.3 Å². The van der Waals surface area contributed by atoms with E-state index in [0.29, 0.717) is 71.2 Å². The van der Waals surface area contributed by atoms with Crippen molar-refractivity contribution in [1.82, 2.24) is 33.9 Å². The molecule has 1 unspecified atom stereocenters. The third-order valence-electron chi connectivity index (χ3n) is 11.1. The Labute approximate surface area is 301 Å². The van der Waals surface area contributed by atoms with Crippen LogP contribution in [0.1, 0.15) is 103 Å². The molecule has 6 rings (SSSR count). The van der Waals surface area contributed by atoms with Crippen molar-refractivity contribution in [3.63, 3.8) is 0 Å². The summed E-state index contributed by atoms with van der Waals surface area (Å²) >= 11 is 0. The van der Waals surface area contributed by atoms with Crippen molar-refractivity contribution in [3.05, 3.63) is 70.3 Å². The molecule has 0 aliphatic carbocycles. The number of imidazole rings is 1. The number of carbonyl (C=O) groups is 2. The van der Waals surface area contributed by atoms with E-state index in [2.05, 4.69) is 30.9 Å². The molecule has 0 saturated carbocycles. The maximum absolute atomic E-state index is 14.0. The zero-order valence-electron chi connectivity index (χ0n) is 31.3. The zero-order chi connectivity index (χ0) is 37.0. The van der Waals surface area contributed by atoms with E-state index >= 15 is 0 Å². The van der Waals surface area contributed by atoms with Crippen molar-refractivity contribution >= 4 is 32.9 Å². The number of aromatic amines is 1. The summed E-state index contributed by atoms with van der Waals surface area (Å²) in [5.74, 6) is 1.01. The predicted molar refractivity (Wildman–Crippen MR) is 197 cm³/mol. The number of nitrogens with zero attached hydrogens (tertiary/aromatic N) is 6. The number of rotatable bonds is 7. The molecule has 2 aromatic carbocycles. The van der Waals surface area contributed by atoms with E-state index in [0.717, 1.165) is 31.4 Å². The van der Waals surface area contributed by atoms with Crippen LogP contribution in [0.4, 0.5) is 0 Å². The van der Waals surface area contributed by atoms with Gasteiger partial charge >= 0.3 is 0 Å². The molecule has 4 heterocycles. The van der Waals surface area contributed by atoms with Gasteiger partial charge in [0.2, 0.25) is 10.0 Å². The minimum absolute atomic E-state index is 0.0264. The average molecular weight is 718 g/mol. The van der Waals surface area contributed by atoms with E-state index in [1.54, 1.807) is 57.8 Å². The highest BCUT2D eigenvalue weighted by atomic mass is 32.2. The van der Waals surface area contributed by atoms with Gasteiger partial charge < -0.3 is 19.5 Å². The molecule has 0 radical (unpaired) electrons. The van der Waals surface area contributed by atoms with Crippen molar-refractivity contribution < 1.29 is 22.7 Å². The lowest BCUT2D eigenvalue weighted by molar-refractivity contribution is 0.0277. The smallest absolute Gasteiger partial charge is 0.272 e. The fourth-order valence-corrected chi connectivity index (χ4v) is 9.35. The van der Waals surface area contributed by atoms with Gasteiger partial charge in [0.25, 0.3) is 11.8 Å². The number of hydrogen-bond acceptors (Lipinski definition) is 7. The van der Waals surface area contributed by atoms with Gasteiger partial charge in [0.1, 0.15) is 22.8 Å². The molecule has 4 aromatic rings. The SMILES string of the molecule is COc1cc(C)c(S(=O)(=O)N(C)C(C)c2nc3c(C(=O)N4CCC5(CC4)CCN(C(=O)c4cc(C(C)(C)C)nn4C)CC5)cccc3[nH]2)c(C)c1. The van der Waals surface area contributed by atoms with Gasteiger partial charge in [0.15, 0.2) is 0 Å². The van der Waals surface area contributed by atoms with E-state index in [9.17, 15) is 18.0 Å². The number of carbonyl (C=O) groups excluding carboxylic acids is 2. The first-order chi connectivity index (χ1) is 24.0. The molecule has 2 aliphatic heterocycles. The molecule has 1 N–H and O–H groups in total. The van der Waals surface area contributed by atoms with Gasteiger partial charge in [-0.05, 0) is 93.3 Å². The molecule has 2 amide bonds. The van der Waals surface area contributed by atoms with Crippen molar-refractivity contribution in [2.45, 2.75) is 83.6 Å². The number of H-pyrrole nitrogens is 1. The number of methoxy groups -OCH3 is 1. The fraction of sp³-hybridized carbons (Fsp3) is 0.526. The number of ether oxygens (including phenoxy) is 1. The van der Waals surface area contributed by atoms with Crippen LogP contribution in [0.25, 0.3) is 11.0 Å². The third kappa shape index (κ3) is 6.77. The quantitative estimate of drug-likeness (QED) is 0.257. The van der Waals surface area contributed by atoms with Crippen LogP contribution in [0.2, 0.25) is 0 Å². The van der Waals surface area contributed by atoms with Crippen LogP contribution in [0.3, 0.4) is 0 Å². The second-order valence-electron chi connectivity index (χ2n) is 15.5. The molecule has 2 aliphatic rings. The van der Waals surface area contributed by atoms with Crippen LogP contribution >= 0.6 is 0 Å². The Morgan fingerprint density at radius 1 is 0.961 bits per heavy atom. The van der Waals surface area contributed by atoms with Gasteiger partial charge in [0, 0.05) is 45.7 Å². The molecule has 12 nitrogen and oxygen atoms in total. The van der Waals surface area contributed by atoms with Crippen LogP contribution in [0.5, 0.6) is 5.75 Å². The Balaban J connectivity index is 1.12. The Hall–Kier alpha value is -4.23. The molecule has 274 valence electrons. The fourth-order valence-electron chi connectivity index (χ4n) is 7.62. The first kappa shape index (κ1) is 36.6. The monoisotopic (exact) mass is 717 g/mol. The van der Waals surface area contributed by atoms with Gasteiger partial charge in [-0.15, -0.1) is 0 Å². The predicted octanol–water partition coefficient (Wildman–Crippen LogP) is 5.76. The molecule has 1 spiro atoms. The van der Waals surface area contributed by atoms with Crippen LogP contribution < -0.4 is 4.74 Å². The van der Waals surface area contributed by atoms with Gasteiger partial charge in [-0.2, -0.15) is 9.40 Å². The van der Waals surface area contributed by atoms with Crippen molar-refractivity contribution in [3.8, 4) is 5.75 Å². The number of para-hydroxylation sites is 1. The highest BCUT2D eigenvalue weighted by Gasteiger charge is 2.40. The molecule has 0 bridgehead atoms. The molecule has 51 heavy (non-hydrogen) atoms. The van der Waals surface area contributed by atoms with Crippen LogP contribution in [-0.2, 0) is 22.5 Å². The summed E-state index contributed by atoms with van der Waals surface area (Å²) < 4.78 is 36.0. The number of sulfonamides is 1. The number of amides is 2. The Morgan fingerprint density at radius 2 is 1.53 bits per heavy atom. The van der Waals surface area contributed by atoms with E-state index in [4.69, 9.17) is 9.72 Å². The Kier molecular flexibility index (Phi) is 9.60. The van der Waals surface area contributed by atoms with E-state index in [1.807, 2.05) is 35.0 Å². The Morgan fingerprint density at radius 3 is 2.06 bits per heavy atom. The highest BCUT2D eigenvalue weighted by Crippen LogP contribution is 2.42.